The number of nitrogens with one attached hydrogen (secondary N) is 1. The zero-order valence-corrected chi connectivity index (χ0v) is 11.7. The van der Waals surface area contributed by atoms with Crippen LogP contribution in [0.1, 0.15) is 45.1 Å². The molecule has 20 heavy (non-hydrogen) atoms. The summed E-state index contributed by atoms with van der Waals surface area (Å²) in [6.45, 7) is 1.95. The number of carbonyl (C=O) groups is 2. The van der Waals surface area contributed by atoms with Crippen LogP contribution in [0, 0.1) is 5.92 Å². The van der Waals surface area contributed by atoms with Crippen LogP contribution in [0.2, 0.25) is 0 Å². The van der Waals surface area contributed by atoms with Crippen LogP contribution in [0.15, 0.2) is 18.5 Å². The molecule has 1 saturated carbocycles. The molecule has 1 aliphatic rings. The Morgan fingerprint density at radius 3 is 2.60 bits per heavy atom. The Bertz CT molecular complexity index is 450. The van der Waals surface area contributed by atoms with Crippen LogP contribution in [0.4, 0.5) is 0 Å². The van der Waals surface area contributed by atoms with Gasteiger partial charge in [-0.15, -0.1) is 0 Å². The molecule has 6 heteroatoms. The van der Waals surface area contributed by atoms with Crippen LogP contribution in [-0.2, 0) is 9.59 Å². The number of amides is 1. The normalized spacial score (nSPS) is 24.1. The van der Waals surface area contributed by atoms with Gasteiger partial charge >= 0.3 is 5.97 Å². The van der Waals surface area contributed by atoms with Crippen molar-refractivity contribution in [2.45, 2.75) is 51.1 Å². The second-order valence-corrected chi connectivity index (χ2v) is 5.31. The number of aromatic nitrogens is 2. The lowest BCUT2D eigenvalue weighted by Gasteiger charge is -2.28. The van der Waals surface area contributed by atoms with Gasteiger partial charge < -0.3 is 10.4 Å². The van der Waals surface area contributed by atoms with Crippen LogP contribution >= 0.6 is 0 Å². The number of carboxylic acid groups (broad SMARTS) is 1. The summed E-state index contributed by atoms with van der Waals surface area (Å²) < 4.78 is 1.66. The van der Waals surface area contributed by atoms with Gasteiger partial charge in [0.1, 0.15) is 6.04 Å². The van der Waals surface area contributed by atoms with Crippen LogP contribution in [0.3, 0.4) is 0 Å². The zero-order chi connectivity index (χ0) is 14.5. The maximum Gasteiger partial charge on any atom is 0.306 e. The molecule has 1 aliphatic carbocycles. The lowest BCUT2D eigenvalue weighted by Crippen LogP contribution is -2.42. The van der Waals surface area contributed by atoms with Gasteiger partial charge in [0.25, 0.3) is 0 Å². The molecule has 110 valence electrons. The average molecular weight is 279 g/mol. The number of carboxylic acids is 1. The third-order valence-electron chi connectivity index (χ3n) is 3.96. The Kier molecular flexibility index (Phi) is 4.76. The van der Waals surface area contributed by atoms with E-state index in [4.69, 9.17) is 5.11 Å². The highest BCUT2D eigenvalue weighted by Gasteiger charge is 2.28. The molecule has 0 spiro atoms. The van der Waals surface area contributed by atoms with Crippen LogP contribution in [-0.4, -0.2) is 32.8 Å². The molecule has 0 bridgehead atoms. The molecule has 6 nitrogen and oxygen atoms in total. The topological polar surface area (TPSA) is 84.2 Å². The van der Waals surface area contributed by atoms with E-state index in [1.807, 2.05) is 6.92 Å². The smallest absolute Gasteiger partial charge is 0.306 e. The third-order valence-corrected chi connectivity index (χ3v) is 3.96. The van der Waals surface area contributed by atoms with Crippen molar-refractivity contribution in [3.05, 3.63) is 18.5 Å². The van der Waals surface area contributed by atoms with Crippen LogP contribution in [0.25, 0.3) is 0 Å². The number of hydrogen-bond donors (Lipinski definition) is 2. The van der Waals surface area contributed by atoms with Gasteiger partial charge in [0.15, 0.2) is 0 Å². The highest BCUT2D eigenvalue weighted by Crippen LogP contribution is 2.25. The minimum absolute atomic E-state index is 0.0324. The van der Waals surface area contributed by atoms with E-state index in [0.29, 0.717) is 19.3 Å². The van der Waals surface area contributed by atoms with E-state index in [1.54, 1.807) is 23.1 Å². The molecule has 0 aliphatic heterocycles. The van der Waals surface area contributed by atoms with Gasteiger partial charge in [0.05, 0.1) is 5.92 Å². The summed E-state index contributed by atoms with van der Waals surface area (Å²) in [5.74, 6) is -1.01. The molecule has 2 rings (SSSR count). The quantitative estimate of drug-likeness (QED) is 0.857. The number of carbonyl (C=O) groups excluding carboxylic acids is 1. The van der Waals surface area contributed by atoms with Gasteiger partial charge in [0.2, 0.25) is 5.91 Å². The second-order valence-electron chi connectivity index (χ2n) is 5.31. The highest BCUT2D eigenvalue weighted by atomic mass is 16.4. The monoisotopic (exact) mass is 279 g/mol. The fraction of sp³-hybridized carbons (Fsp3) is 0.643. The van der Waals surface area contributed by atoms with E-state index < -0.39 is 5.97 Å². The average Bonchev–Trinajstić information content (AvgIpc) is 2.94. The number of nitrogens with zero attached hydrogens (tertiary/aromatic N) is 2. The predicted octanol–water partition coefficient (Wildman–Crippen LogP) is 1.59. The number of aliphatic carboxylic acids is 1. The minimum Gasteiger partial charge on any atom is -0.481 e. The molecule has 1 atom stereocenters. The lowest BCUT2D eigenvalue weighted by atomic mass is 9.86. The van der Waals surface area contributed by atoms with Crippen LogP contribution < -0.4 is 5.32 Å². The minimum atomic E-state index is -0.724. The van der Waals surface area contributed by atoms with E-state index in [0.717, 1.165) is 12.8 Å². The molecule has 2 N–H and O–H groups in total. The standard InChI is InChI=1S/C14H21N3O3/c1-2-12(17-9-3-8-15-17)13(18)16-11-6-4-10(5-7-11)14(19)20/h3,8-12H,2,4-7H2,1H3,(H,16,18)(H,19,20). The van der Waals surface area contributed by atoms with E-state index in [1.165, 1.54) is 0 Å². The summed E-state index contributed by atoms with van der Waals surface area (Å²) in [5.41, 5.74) is 0. The summed E-state index contributed by atoms with van der Waals surface area (Å²) in [6, 6.07) is 1.60. The summed E-state index contributed by atoms with van der Waals surface area (Å²) in [4.78, 5) is 23.2. The molecule has 1 unspecified atom stereocenters. The maximum atomic E-state index is 12.3. The van der Waals surface area contributed by atoms with Gasteiger partial charge in [-0.25, -0.2) is 0 Å². The Morgan fingerprint density at radius 1 is 1.40 bits per heavy atom. The highest BCUT2D eigenvalue weighted by molar-refractivity contribution is 5.80. The van der Waals surface area contributed by atoms with Crippen LogP contribution in [0.5, 0.6) is 0 Å². The fourth-order valence-electron chi connectivity index (χ4n) is 2.74. The van der Waals surface area contributed by atoms with E-state index in [9.17, 15) is 9.59 Å². The van der Waals surface area contributed by atoms with Crippen molar-refractivity contribution >= 4 is 11.9 Å². The van der Waals surface area contributed by atoms with Crippen molar-refractivity contribution in [2.75, 3.05) is 0 Å². The molecule has 1 aromatic heterocycles. The Labute approximate surface area is 118 Å². The molecular weight excluding hydrogens is 258 g/mol. The van der Waals surface area contributed by atoms with E-state index in [2.05, 4.69) is 10.4 Å². The van der Waals surface area contributed by atoms with E-state index in [-0.39, 0.29) is 23.9 Å². The molecule has 1 amide bonds. The Morgan fingerprint density at radius 2 is 2.10 bits per heavy atom. The summed E-state index contributed by atoms with van der Waals surface area (Å²) in [7, 11) is 0. The summed E-state index contributed by atoms with van der Waals surface area (Å²) >= 11 is 0. The van der Waals surface area contributed by atoms with Gasteiger partial charge in [-0.2, -0.15) is 5.10 Å². The van der Waals surface area contributed by atoms with Gasteiger partial charge in [-0.05, 0) is 38.2 Å². The Balaban J connectivity index is 1.87. The van der Waals surface area contributed by atoms with Crippen molar-refractivity contribution in [1.82, 2.24) is 15.1 Å². The van der Waals surface area contributed by atoms with Gasteiger partial charge in [0, 0.05) is 18.4 Å². The van der Waals surface area contributed by atoms with Crippen molar-refractivity contribution in [2.24, 2.45) is 5.92 Å². The second kappa shape index (κ2) is 6.54. The first kappa shape index (κ1) is 14.6. The molecule has 0 saturated heterocycles. The molecule has 1 fully saturated rings. The van der Waals surface area contributed by atoms with Crippen molar-refractivity contribution < 1.29 is 14.7 Å². The third kappa shape index (κ3) is 3.37. The fourth-order valence-corrected chi connectivity index (χ4v) is 2.74. The molecule has 1 heterocycles. The van der Waals surface area contributed by atoms with Gasteiger partial charge in [-0.1, -0.05) is 6.92 Å². The largest absolute Gasteiger partial charge is 0.481 e. The van der Waals surface area contributed by atoms with E-state index >= 15 is 0 Å². The number of hydrogen-bond acceptors (Lipinski definition) is 3. The number of rotatable bonds is 5. The summed E-state index contributed by atoms with van der Waals surface area (Å²) in [5, 5.41) is 16.1. The zero-order valence-electron chi connectivity index (χ0n) is 11.7. The van der Waals surface area contributed by atoms with Crippen molar-refractivity contribution in [1.29, 1.82) is 0 Å². The first-order valence-electron chi connectivity index (χ1n) is 7.14. The first-order valence-corrected chi connectivity index (χ1v) is 7.14. The lowest BCUT2D eigenvalue weighted by molar-refractivity contribution is -0.142. The SMILES string of the molecule is CCC(C(=O)NC1CCC(C(=O)O)CC1)n1cccn1. The first-order chi connectivity index (χ1) is 9.61. The molecular formula is C14H21N3O3. The van der Waals surface area contributed by atoms with Crippen molar-refractivity contribution in [3.63, 3.8) is 0 Å². The van der Waals surface area contributed by atoms with Gasteiger partial charge in [-0.3, -0.25) is 14.3 Å². The molecule has 0 aromatic carbocycles. The maximum absolute atomic E-state index is 12.3. The summed E-state index contributed by atoms with van der Waals surface area (Å²) in [6.07, 6.45) is 6.87. The van der Waals surface area contributed by atoms with Crippen molar-refractivity contribution in [3.8, 4) is 0 Å². The Hall–Kier alpha value is -1.85. The predicted molar refractivity (Wildman–Crippen MR) is 73.1 cm³/mol. The molecule has 1 aromatic rings. The molecule has 0 radical (unpaired) electrons.